The molecule has 110 valence electrons. The van der Waals surface area contributed by atoms with Gasteiger partial charge in [0, 0.05) is 6.42 Å². The lowest BCUT2D eigenvalue weighted by molar-refractivity contribution is 0.0667. The number of amides is 1. The molecule has 8 nitrogen and oxygen atoms in total. The van der Waals surface area contributed by atoms with Gasteiger partial charge in [0.05, 0.1) is 31.1 Å². The Morgan fingerprint density at radius 3 is 2.95 bits per heavy atom. The summed E-state index contributed by atoms with van der Waals surface area (Å²) in [6.45, 7) is -0.268. The predicted molar refractivity (Wildman–Crippen MR) is 68.4 cm³/mol. The first-order valence-electron chi connectivity index (χ1n) is 6.44. The smallest absolute Gasteiger partial charge is 0.272 e. The maximum atomic E-state index is 13.4. The lowest BCUT2D eigenvalue weighted by atomic mass is 10.2. The quantitative estimate of drug-likeness (QED) is 0.827. The molecule has 1 aliphatic heterocycles. The number of aliphatic hydroxyl groups is 1. The molecule has 0 radical (unpaired) electrons. The number of alkyl halides is 1. The maximum absolute atomic E-state index is 13.4. The molecule has 21 heavy (non-hydrogen) atoms. The summed E-state index contributed by atoms with van der Waals surface area (Å²) in [6.07, 6.45) is 1.92. The number of carbonyl (C=O) groups excluding carboxylic acids is 1. The third-order valence-corrected chi connectivity index (χ3v) is 3.42. The molecular formula is C12H13FN6O2. The van der Waals surface area contributed by atoms with Gasteiger partial charge in [-0.15, -0.1) is 5.10 Å². The van der Waals surface area contributed by atoms with Crippen molar-refractivity contribution >= 4 is 5.91 Å². The fourth-order valence-corrected chi connectivity index (χ4v) is 2.36. The minimum absolute atomic E-state index is 0.0134. The van der Waals surface area contributed by atoms with E-state index in [1.54, 1.807) is 6.07 Å². The number of hydrogen-bond acceptors (Lipinski definition) is 6. The Balaban J connectivity index is 1.79. The van der Waals surface area contributed by atoms with Gasteiger partial charge >= 0.3 is 0 Å². The fraction of sp³-hybridized carbons (Fsp3) is 0.417. The summed E-state index contributed by atoms with van der Waals surface area (Å²) in [5.74, 6) is -0.391. The van der Waals surface area contributed by atoms with E-state index >= 15 is 0 Å². The molecule has 1 saturated heterocycles. The van der Waals surface area contributed by atoms with Gasteiger partial charge in [-0.2, -0.15) is 4.68 Å². The average Bonchev–Trinajstić information content (AvgIpc) is 3.16. The number of tetrazole rings is 1. The number of hydrogen-bond donors (Lipinski definition) is 1. The van der Waals surface area contributed by atoms with Crippen molar-refractivity contribution in [3.8, 4) is 5.69 Å². The topological polar surface area (TPSA) is 97.0 Å². The molecule has 2 aromatic rings. The number of halogens is 1. The molecule has 1 N–H and O–H groups in total. The summed E-state index contributed by atoms with van der Waals surface area (Å²) in [5, 5.41) is 19.9. The molecule has 0 saturated carbocycles. The normalized spacial score (nSPS) is 21.7. The Morgan fingerprint density at radius 1 is 1.48 bits per heavy atom. The Labute approximate surface area is 119 Å². The van der Waals surface area contributed by atoms with Crippen LogP contribution in [0.1, 0.15) is 16.9 Å². The van der Waals surface area contributed by atoms with E-state index < -0.39 is 18.1 Å². The summed E-state index contributed by atoms with van der Waals surface area (Å²) in [5.41, 5.74) is 0.805. The zero-order chi connectivity index (χ0) is 14.8. The highest BCUT2D eigenvalue weighted by Gasteiger charge is 2.35. The van der Waals surface area contributed by atoms with Crippen molar-refractivity contribution in [3.63, 3.8) is 0 Å². The monoisotopic (exact) mass is 292 g/mol. The molecule has 2 atom stereocenters. The SMILES string of the molecule is O=C(c1ccc(-n2cnnn2)cn1)N1CC(F)CC1CO. The van der Waals surface area contributed by atoms with Gasteiger partial charge in [-0.3, -0.25) is 4.79 Å². The zero-order valence-corrected chi connectivity index (χ0v) is 11.0. The molecule has 2 unspecified atom stereocenters. The second-order valence-electron chi connectivity index (χ2n) is 4.78. The zero-order valence-electron chi connectivity index (χ0n) is 11.0. The van der Waals surface area contributed by atoms with Crippen LogP contribution >= 0.6 is 0 Å². The molecule has 1 aliphatic rings. The maximum Gasteiger partial charge on any atom is 0.272 e. The number of rotatable bonds is 3. The van der Waals surface area contributed by atoms with Gasteiger partial charge in [0.1, 0.15) is 18.2 Å². The van der Waals surface area contributed by atoms with Gasteiger partial charge in [-0.05, 0) is 22.6 Å². The third-order valence-electron chi connectivity index (χ3n) is 3.42. The van der Waals surface area contributed by atoms with Crippen LogP contribution in [0.15, 0.2) is 24.7 Å². The van der Waals surface area contributed by atoms with Crippen molar-refractivity contribution in [1.82, 2.24) is 30.1 Å². The minimum Gasteiger partial charge on any atom is -0.394 e. The molecule has 2 aromatic heterocycles. The summed E-state index contributed by atoms with van der Waals surface area (Å²) in [7, 11) is 0. The van der Waals surface area contributed by atoms with E-state index in [1.807, 2.05) is 0 Å². The van der Waals surface area contributed by atoms with Gasteiger partial charge in [0.25, 0.3) is 5.91 Å². The van der Waals surface area contributed by atoms with Crippen LogP contribution in [0, 0.1) is 0 Å². The number of likely N-dealkylation sites (tertiary alicyclic amines) is 1. The third kappa shape index (κ3) is 2.59. The van der Waals surface area contributed by atoms with E-state index in [0.717, 1.165) is 0 Å². The Morgan fingerprint density at radius 2 is 2.33 bits per heavy atom. The Kier molecular flexibility index (Phi) is 3.57. The van der Waals surface area contributed by atoms with Crippen LogP contribution in [-0.4, -0.2) is 66.5 Å². The van der Waals surface area contributed by atoms with E-state index in [-0.39, 0.29) is 25.3 Å². The molecule has 3 heterocycles. The first kappa shape index (κ1) is 13.6. The lowest BCUT2D eigenvalue weighted by Crippen LogP contribution is -2.38. The van der Waals surface area contributed by atoms with Gasteiger partial charge in [-0.25, -0.2) is 9.37 Å². The highest BCUT2D eigenvalue weighted by molar-refractivity contribution is 5.92. The predicted octanol–water partition coefficient (Wildman–Crippen LogP) is -0.398. The van der Waals surface area contributed by atoms with Crippen LogP contribution in [0.2, 0.25) is 0 Å². The molecule has 0 spiro atoms. The van der Waals surface area contributed by atoms with Crippen LogP contribution < -0.4 is 0 Å². The molecule has 0 aromatic carbocycles. The first-order chi connectivity index (χ1) is 10.2. The number of nitrogens with zero attached hydrogens (tertiary/aromatic N) is 6. The first-order valence-corrected chi connectivity index (χ1v) is 6.44. The van der Waals surface area contributed by atoms with Gasteiger partial charge < -0.3 is 10.0 Å². The minimum atomic E-state index is -1.11. The van der Waals surface area contributed by atoms with Gasteiger partial charge in [-0.1, -0.05) is 0 Å². The lowest BCUT2D eigenvalue weighted by Gasteiger charge is -2.22. The van der Waals surface area contributed by atoms with E-state index in [4.69, 9.17) is 0 Å². The van der Waals surface area contributed by atoms with E-state index in [2.05, 4.69) is 20.5 Å². The molecule has 1 fully saturated rings. The van der Waals surface area contributed by atoms with Crippen LogP contribution in [0.3, 0.4) is 0 Å². The van der Waals surface area contributed by atoms with Crippen LogP contribution in [0.25, 0.3) is 5.69 Å². The van der Waals surface area contributed by atoms with Crippen molar-refractivity contribution in [1.29, 1.82) is 0 Å². The number of aromatic nitrogens is 5. The average molecular weight is 292 g/mol. The van der Waals surface area contributed by atoms with Crippen molar-refractivity contribution in [2.45, 2.75) is 18.6 Å². The van der Waals surface area contributed by atoms with Crippen molar-refractivity contribution in [3.05, 3.63) is 30.4 Å². The standard InChI is InChI=1S/C12H13FN6O2/c13-8-3-10(6-20)18(5-8)12(21)11-2-1-9(4-14-11)19-7-15-16-17-19/h1-2,4,7-8,10,20H,3,5-6H2. The Bertz CT molecular complexity index is 617. The molecule has 0 bridgehead atoms. The highest BCUT2D eigenvalue weighted by Crippen LogP contribution is 2.22. The van der Waals surface area contributed by atoms with Gasteiger partial charge in [0.2, 0.25) is 0 Å². The highest BCUT2D eigenvalue weighted by atomic mass is 19.1. The van der Waals surface area contributed by atoms with Gasteiger partial charge in [0.15, 0.2) is 0 Å². The number of pyridine rings is 1. The molecular weight excluding hydrogens is 279 g/mol. The molecule has 3 rings (SSSR count). The summed E-state index contributed by atoms with van der Waals surface area (Å²) < 4.78 is 14.8. The van der Waals surface area contributed by atoms with Crippen LogP contribution in [0.5, 0.6) is 0 Å². The number of aliphatic hydroxyl groups excluding tert-OH is 1. The van der Waals surface area contributed by atoms with Crippen LogP contribution in [-0.2, 0) is 0 Å². The van der Waals surface area contributed by atoms with E-state index in [9.17, 15) is 14.3 Å². The fourth-order valence-electron chi connectivity index (χ4n) is 2.36. The van der Waals surface area contributed by atoms with E-state index in [0.29, 0.717) is 5.69 Å². The summed E-state index contributed by atoms with van der Waals surface area (Å²) >= 11 is 0. The summed E-state index contributed by atoms with van der Waals surface area (Å²) in [6, 6.07) is 2.68. The second kappa shape index (κ2) is 5.52. The summed E-state index contributed by atoms with van der Waals surface area (Å²) in [4.78, 5) is 17.7. The molecule has 1 amide bonds. The second-order valence-corrected chi connectivity index (χ2v) is 4.78. The van der Waals surface area contributed by atoms with E-state index in [1.165, 1.54) is 28.2 Å². The van der Waals surface area contributed by atoms with Crippen molar-refractivity contribution in [2.24, 2.45) is 0 Å². The Hall–Kier alpha value is -2.42. The molecule has 9 heteroatoms. The van der Waals surface area contributed by atoms with Crippen LogP contribution in [0.4, 0.5) is 4.39 Å². The molecule has 0 aliphatic carbocycles. The largest absolute Gasteiger partial charge is 0.394 e. The number of carbonyl (C=O) groups is 1. The van der Waals surface area contributed by atoms with Crippen molar-refractivity contribution in [2.75, 3.05) is 13.2 Å². The van der Waals surface area contributed by atoms with Crippen molar-refractivity contribution < 1.29 is 14.3 Å².